The number of aryl methyl sites for hydroxylation is 2. The van der Waals surface area contributed by atoms with Crippen LogP contribution in [0.1, 0.15) is 23.3 Å². The molecule has 0 spiro atoms. The fourth-order valence-corrected chi connectivity index (χ4v) is 3.47. The molecule has 2 aromatic heterocycles. The second-order valence-corrected chi connectivity index (χ2v) is 6.92. The molecule has 3 aromatic rings. The third kappa shape index (κ3) is 3.04. The highest BCUT2D eigenvalue weighted by Crippen LogP contribution is 2.22. The molecule has 1 aromatic carbocycles. The van der Waals surface area contributed by atoms with E-state index < -0.39 is 0 Å². The average molecular weight is 296 g/mol. The quantitative estimate of drug-likeness (QED) is 0.721. The third-order valence-electron chi connectivity index (χ3n) is 4.19. The summed E-state index contributed by atoms with van der Waals surface area (Å²) in [5, 5.41) is 7.10. The fourth-order valence-electron chi connectivity index (χ4n) is 2.77. The normalized spacial score (nSPS) is 14.9. The van der Waals surface area contributed by atoms with Crippen LogP contribution in [0.4, 0.5) is 0 Å². The van der Waals surface area contributed by atoms with E-state index in [4.69, 9.17) is 0 Å². The first-order valence-corrected chi connectivity index (χ1v) is 8.60. The molecule has 0 aliphatic heterocycles. The third-order valence-corrected chi connectivity index (χ3v) is 5.13. The highest BCUT2D eigenvalue weighted by Gasteiger charge is 2.19. The van der Waals surface area contributed by atoms with Crippen LogP contribution in [-0.4, -0.2) is 10.6 Å². The lowest BCUT2D eigenvalue weighted by Crippen LogP contribution is -2.15. The smallest absolute Gasteiger partial charge is 0.0483 e. The van der Waals surface area contributed by atoms with Gasteiger partial charge in [0, 0.05) is 35.7 Å². The molecule has 1 saturated carbocycles. The van der Waals surface area contributed by atoms with Crippen LogP contribution < -0.4 is 5.32 Å². The Labute approximate surface area is 129 Å². The minimum atomic E-state index is 0.770. The fraction of sp³-hybridized carbons (Fsp3) is 0.333. The standard InChI is InChI=1S/C18H20N2S/c1-2-17(21-11-1)8-10-20-9-7-15-4-3-14(12-18(15)20)13-19-16-5-6-16/h1-4,7,9,11-12,16,19H,5-6,8,10,13H2. The van der Waals surface area contributed by atoms with Gasteiger partial charge in [0.2, 0.25) is 0 Å². The number of rotatable bonds is 6. The summed E-state index contributed by atoms with van der Waals surface area (Å²) >= 11 is 1.85. The van der Waals surface area contributed by atoms with Gasteiger partial charge in [0.25, 0.3) is 0 Å². The predicted molar refractivity (Wildman–Crippen MR) is 89.8 cm³/mol. The minimum absolute atomic E-state index is 0.770. The Morgan fingerprint density at radius 2 is 2.14 bits per heavy atom. The van der Waals surface area contributed by atoms with E-state index >= 15 is 0 Å². The maximum Gasteiger partial charge on any atom is 0.0483 e. The number of hydrogen-bond donors (Lipinski definition) is 1. The zero-order chi connectivity index (χ0) is 14.1. The molecule has 108 valence electrons. The van der Waals surface area contributed by atoms with Crippen LogP contribution in [0.2, 0.25) is 0 Å². The second-order valence-electron chi connectivity index (χ2n) is 5.89. The van der Waals surface area contributed by atoms with Crippen LogP contribution in [-0.2, 0) is 19.5 Å². The van der Waals surface area contributed by atoms with E-state index in [0.717, 1.165) is 25.6 Å². The van der Waals surface area contributed by atoms with Crippen molar-refractivity contribution in [3.05, 3.63) is 58.4 Å². The molecule has 0 amide bonds. The molecule has 21 heavy (non-hydrogen) atoms. The lowest BCUT2D eigenvalue weighted by molar-refractivity contribution is 0.687. The summed E-state index contributed by atoms with van der Waals surface area (Å²) in [6.07, 6.45) is 6.03. The molecule has 0 radical (unpaired) electrons. The van der Waals surface area contributed by atoms with Gasteiger partial charge < -0.3 is 9.88 Å². The molecule has 0 saturated heterocycles. The Morgan fingerprint density at radius 1 is 1.19 bits per heavy atom. The highest BCUT2D eigenvalue weighted by molar-refractivity contribution is 7.09. The first-order chi connectivity index (χ1) is 10.4. The summed E-state index contributed by atoms with van der Waals surface area (Å²) in [5.74, 6) is 0. The van der Waals surface area contributed by atoms with Crippen LogP contribution in [0, 0.1) is 0 Å². The molecule has 0 bridgehead atoms. The molecule has 1 aliphatic carbocycles. The molecular weight excluding hydrogens is 276 g/mol. The van der Waals surface area contributed by atoms with Crippen LogP contribution in [0.15, 0.2) is 48.0 Å². The van der Waals surface area contributed by atoms with Gasteiger partial charge in [-0.3, -0.25) is 0 Å². The molecule has 1 aliphatic rings. The predicted octanol–water partition coefficient (Wildman–Crippen LogP) is 4.20. The van der Waals surface area contributed by atoms with Gasteiger partial charge in [-0.25, -0.2) is 0 Å². The highest BCUT2D eigenvalue weighted by atomic mass is 32.1. The monoisotopic (exact) mass is 296 g/mol. The van der Waals surface area contributed by atoms with Crippen molar-refractivity contribution in [3.63, 3.8) is 0 Å². The Morgan fingerprint density at radius 3 is 2.95 bits per heavy atom. The maximum absolute atomic E-state index is 3.60. The Bertz CT molecular complexity index is 723. The van der Waals surface area contributed by atoms with Crippen molar-refractivity contribution >= 4 is 22.2 Å². The number of nitrogens with one attached hydrogen (secondary N) is 1. The molecule has 2 nitrogen and oxygen atoms in total. The average Bonchev–Trinajstić information content (AvgIpc) is 3.03. The van der Waals surface area contributed by atoms with Crippen LogP contribution >= 0.6 is 11.3 Å². The van der Waals surface area contributed by atoms with Gasteiger partial charge in [0.05, 0.1) is 0 Å². The summed E-state index contributed by atoms with van der Waals surface area (Å²) in [5.41, 5.74) is 2.76. The zero-order valence-corrected chi connectivity index (χ0v) is 12.9. The van der Waals surface area contributed by atoms with Gasteiger partial charge >= 0.3 is 0 Å². The number of nitrogens with zero attached hydrogens (tertiary/aromatic N) is 1. The van der Waals surface area contributed by atoms with Gasteiger partial charge in [0.15, 0.2) is 0 Å². The molecule has 0 unspecified atom stereocenters. The lowest BCUT2D eigenvalue weighted by Gasteiger charge is -2.07. The van der Waals surface area contributed by atoms with E-state index in [-0.39, 0.29) is 0 Å². The zero-order valence-electron chi connectivity index (χ0n) is 12.1. The van der Waals surface area contributed by atoms with Crippen molar-refractivity contribution in [2.24, 2.45) is 0 Å². The number of fused-ring (bicyclic) bond motifs is 1. The van der Waals surface area contributed by atoms with Crippen molar-refractivity contribution in [2.75, 3.05) is 0 Å². The van der Waals surface area contributed by atoms with E-state index in [1.165, 1.54) is 34.2 Å². The van der Waals surface area contributed by atoms with Crippen LogP contribution in [0.5, 0.6) is 0 Å². The molecule has 4 rings (SSSR count). The topological polar surface area (TPSA) is 17.0 Å². The van der Waals surface area contributed by atoms with E-state index in [1.807, 2.05) is 11.3 Å². The van der Waals surface area contributed by atoms with Gasteiger partial charge in [-0.05, 0) is 53.8 Å². The van der Waals surface area contributed by atoms with Gasteiger partial charge in [-0.15, -0.1) is 11.3 Å². The summed E-state index contributed by atoms with van der Waals surface area (Å²) in [6, 6.07) is 14.2. The molecule has 0 atom stereocenters. The molecular formula is C18H20N2S. The van der Waals surface area contributed by atoms with E-state index in [1.54, 1.807) is 0 Å². The summed E-state index contributed by atoms with van der Waals surface area (Å²) in [6.45, 7) is 2.06. The maximum atomic E-state index is 3.60. The van der Waals surface area contributed by atoms with Crippen molar-refractivity contribution < 1.29 is 0 Å². The SMILES string of the molecule is c1csc(CCn2ccc3ccc(CNC4CC4)cc32)c1. The largest absolute Gasteiger partial charge is 0.347 e. The molecule has 1 fully saturated rings. The van der Waals surface area contributed by atoms with Crippen molar-refractivity contribution in [1.29, 1.82) is 0 Å². The van der Waals surface area contributed by atoms with Gasteiger partial charge in [-0.1, -0.05) is 18.2 Å². The van der Waals surface area contributed by atoms with E-state index in [2.05, 4.69) is 57.9 Å². The minimum Gasteiger partial charge on any atom is -0.347 e. The molecule has 2 heterocycles. The summed E-state index contributed by atoms with van der Waals surface area (Å²) in [4.78, 5) is 1.46. The number of thiophene rings is 1. The summed E-state index contributed by atoms with van der Waals surface area (Å²) in [7, 11) is 0. The van der Waals surface area contributed by atoms with Crippen LogP contribution in [0.3, 0.4) is 0 Å². The van der Waals surface area contributed by atoms with Crippen molar-refractivity contribution in [3.8, 4) is 0 Å². The number of hydrogen-bond acceptors (Lipinski definition) is 2. The lowest BCUT2D eigenvalue weighted by atomic mass is 10.1. The first-order valence-electron chi connectivity index (χ1n) is 7.72. The van der Waals surface area contributed by atoms with Crippen molar-refractivity contribution in [1.82, 2.24) is 9.88 Å². The van der Waals surface area contributed by atoms with Gasteiger partial charge in [-0.2, -0.15) is 0 Å². The number of aromatic nitrogens is 1. The van der Waals surface area contributed by atoms with E-state index in [9.17, 15) is 0 Å². The first kappa shape index (κ1) is 13.1. The van der Waals surface area contributed by atoms with Crippen LogP contribution in [0.25, 0.3) is 10.9 Å². The molecule has 1 N–H and O–H groups in total. The van der Waals surface area contributed by atoms with Crippen molar-refractivity contribution in [2.45, 2.75) is 38.4 Å². The second kappa shape index (κ2) is 5.66. The Kier molecular flexibility index (Phi) is 3.53. The number of benzene rings is 1. The van der Waals surface area contributed by atoms with E-state index in [0.29, 0.717) is 0 Å². The Balaban J connectivity index is 1.51. The Hall–Kier alpha value is -1.58. The van der Waals surface area contributed by atoms with Gasteiger partial charge in [0.1, 0.15) is 0 Å². The summed E-state index contributed by atoms with van der Waals surface area (Å²) < 4.78 is 2.38. The molecule has 3 heteroatoms.